The van der Waals surface area contributed by atoms with Gasteiger partial charge in [0.05, 0.1) is 5.92 Å². The van der Waals surface area contributed by atoms with Gasteiger partial charge in [-0.25, -0.2) is 4.79 Å². The van der Waals surface area contributed by atoms with Crippen LogP contribution in [0.5, 0.6) is 0 Å². The molecule has 0 aliphatic heterocycles. The van der Waals surface area contributed by atoms with Gasteiger partial charge >= 0.3 is 12.1 Å². The quantitative estimate of drug-likeness (QED) is 0.724. The van der Waals surface area contributed by atoms with Gasteiger partial charge in [-0.15, -0.1) is 0 Å². The molecule has 1 aliphatic carbocycles. The molecule has 0 aromatic heterocycles. The molecule has 1 saturated carbocycles. The molecule has 0 aromatic carbocycles. The highest BCUT2D eigenvalue weighted by Crippen LogP contribution is 2.24. The van der Waals surface area contributed by atoms with E-state index in [1.165, 1.54) is 0 Å². The lowest BCUT2D eigenvalue weighted by atomic mass is 9.85. The molecule has 1 aliphatic rings. The zero-order valence-corrected chi connectivity index (χ0v) is 13.4. The van der Waals surface area contributed by atoms with E-state index in [9.17, 15) is 9.59 Å². The summed E-state index contributed by atoms with van der Waals surface area (Å²) in [5.74, 6) is -0.955. The largest absolute Gasteiger partial charge is 0.481 e. The van der Waals surface area contributed by atoms with Crippen molar-refractivity contribution in [3.05, 3.63) is 0 Å². The summed E-state index contributed by atoms with van der Waals surface area (Å²) in [6.45, 7) is 7.90. The first-order chi connectivity index (χ1) is 9.67. The van der Waals surface area contributed by atoms with E-state index in [4.69, 9.17) is 9.84 Å². The minimum atomic E-state index is -0.707. The molecule has 0 saturated heterocycles. The Kier molecular flexibility index (Phi) is 6.45. The van der Waals surface area contributed by atoms with Crippen LogP contribution in [0, 0.1) is 5.92 Å². The third-order valence-electron chi connectivity index (χ3n) is 3.50. The number of carboxylic acid groups (broad SMARTS) is 1. The van der Waals surface area contributed by atoms with Gasteiger partial charge in [0.25, 0.3) is 0 Å². The first-order valence-electron chi connectivity index (χ1n) is 7.63. The van der Waals surface area contributed by atoms with Gasteiger partial charge in [0.15, 0.2) is 0 Å². The molecule has 3 N–H and O–H groups in total. The van der Waals surface area contributed by atoms with Crippen LogP contribution < -0.4 is 10.6 Å². The molecule has 6 nitrogen and oxygen atoms in total. The normalized spacial score (nSPS) is 24.2. The number of rotatable bonds is 5. The van der Waals surface area contributed by atoms with Crippen molar-refractivity contribution in [1.29, 1.82) is 0 Å². The highest BCUT2D eigenvalue weighted by Gasteiger charge is 2.27. The lowest BCUT2D eigenvalue weighted by Crippen LogP contribution is -2.46. The molecule has 3 atom stereocenters. The van der Waals surface area contributed by atoms with Gasteiger partial charge in [-0.2, -0.15) is 0 Å². The van der Waals surface area contributed by atoms with Crippen molar-refractivity contribution in [2.75, 3.05) is 6.54 Å². The Balaban J connectivity index is 2.28. The fraction of sp³-hybridized carbons (Fsp3) is 0.867. The van der Waals surface area contributed by atoms with E-state index in [1.54, 1.807) is 0 Å². The number of hydrogen-bond donors (Lipinski definition) is 3. The number of nitrogens with one attached hydrogen (secondary N) is 2. The van der Waals surface area contributed by atoms with Crippen LogP contribution in [-0.4, -0.2) is 41.4 Å². The van der Waals surface area contributed by atoms with Gasteiger partial charge in [-0.05, 0) is 47.0 Å². The first kappa shape index (κ1) is 17.8. The van der Waals surface area contributed by atoms with Crippen molar-refractivity contribution < 1.29 is 19.4 Å². The Hall–Kier alpha value is -1.30. The van der Waals surface area contributed by atoms with Crippen molar-refractivity contribution in [2.45, 2.75) is 71.1 Å². The molecule has 1 amide bonds. The molecule has 3 unspecified atom stereocenters. The maximum absolute atomic E-state index is 11.6. The van der Waals surface area contributed by atoms with Crippen LogP contribution in [0.4, 0.5) is 4.79 Å². The van der Waals surface area contributed by atoms with Gasteiger partial charge in [0.1, 0.15) is 5.60 Å². The fourth-order valence-electron chi connectivity index (χ4n) is 2.58. The highest BCUT2D eigenvalue weighted by atomic mass is 16.6. The van der Waals surface area contributed by atoms with Crippen LogP contribution in [0.2, 0.25) is 0 Å². The molecular weight excluding hydrogens is 272 g/mol. The summed E-state index contributed by atoms with van der Waals surface area (Å²) in [5.41, 5.74) is -0.501. The topological polar surface area (TPSA) is 87.7 Å². The minimum Gasteiger partial charge on any atom is -0.481 e. The summed E-state index contributed by atoms with van der Waals surface area (Å²) in [6, 6.07) is 0.283. The average Bonchev–Trinajstić information content (AvgIpc) is 2.34. The van der Waals surface area contributed by atoms with E-state index in [0.717, 1.165) is 19.3 Å². The number of carbonyl (C=O) groups is 2. The number of ether oxygens (including phenoxy) is 1. The van der Waals surface area contributed by atoms with Crippen molar-refractivity contribution in [3.8, 4) is 0 Å². The van der Waals surface area contributed by atoms with Gasteiger partial charge in [-0.3, -0.25) is 4.79 Å². The number of aliphatic carboxylic acids is 1. The van der Waals surface area contributed by atoms with Crippen LogP contribution in [0.3, 0.4) is 0 Å². The summed E-state index contributed by atoms with van der Waals surface area (Å²) >= 11 is 0. The van der Waals surface area contributed by atoms with Gasteiger partial charge in [0, 0.05) is 18.6 Å². The van der Waals surface area contributed by atoms with E-state index >= 15 is 0 Å². The van der Waals surface area contributed by atoms with E-state index in [0.29, 0.717) is 13.0 Å². The molecule has 1 fully saturated rings. The van der Waals surface area contributed by atoms with E-state index in [-0.39, 0.29) is 18.0 Å². The second-order valence-corrected chi connectivity index (χ2v) is 6.85. The van der Waals surface area contributed by atoms with Crippen molar-refractivity contribution in [1.82, 2.24) is 10.6 Å². The Bertz CT molecular complexity index is 365. The van der Waals surface area contributed by atoms with Crippen LogP contribution in [0.25, 0.3) is 0 Å². The van der Waals surface area contributed by atoms with Crippen molar-refractivity contribution >= 4 is 12.1 Å². The second kappa shape index (κ2) is 7.64. The zero-order chi connectivity index (χ0) is 16.0. The lowest BCUT2D eigenvalue weighted by Gasteiger charge is -2.30. The molecule has 0 bridgehead atoms. The number of alkyl carbamates (subject to hydrolysis) is 1. The predicted molar refractivity (Wildman–Crippen MR) is 80.2 cm³/mol. The zero-order valence-electron chi connectivity index (χ0n) is 13.4. The minimum absolute atomic E-state index is 0.0788. The van der Waals surface area contributed by atoms with E-state index in [1.807, 2.05) is 27.7 Å². The number of carbonyl (C=O) groups excluding carboxylic acids is 1. The molecule has 0 heterocycles. The summed E-state index contributed by atoms with van der Waals surface area (Å²) < 4.78 is 5.17. The third-order valence-corrected chi connectivity index (χ3v) is 3.50. The number of hydrogen-bond acceptors (Lipinski definition) is 4. The highest BCUT2D eigenvalue weighted by molar-refractivity contribution is 5.70. The lowest BCUT2D eigenvalue weighted by molar-refractivity contribution is -0.143. The molecule has 0 radical (unpaired) electrons. The van der Waals surface area contributed by atoms with Gasteiger partial charge < -0.3 is 20.5 Å². The van der Waals surface area contributed by atoms with Crippen molar-refractivity contribution in [2.24, 2.45) is 5.92 Å². The number of amides is 1. The SMILES string of the molecule is CC(CNC(=O)OC(C)(C)C)NC1CCCC(C(=O)O)C1. The molecular formula is C15H28N2O4. The van der Waals surface area contributed by atoms with Crippen LogP contribution in [0.1, 0.15) is 53.4 Å². The summed E-state index contributed by atoms with van der Waals surface area (Å²) in [5, 5.41) is 15.2. The summed E-state index contributed by atoms with van der Waals surface area (Å²) in [4.78, 5) is 22.6. The average molecular weight is 300 g/mol. The molecule has 0 aromatic rings. The summed E-state index contributed by atoms with van der Waals surface area (Å²) in [7, 11) is 0. The Morgan fingerprint density at radius 2 is 2.00 bits per heavy atom. The molecule has 1 rings (SSSR count). The molecule has 122 valence electrons. The summed E-state index contributed by atoms with van der Waals surface area (Å²) in [6.07, 6.45) is 2.91. The first-order valence-corrected chi connectivity index (χ1v) is 7.63. The second-order valence-electron chi connectivity index (χ2n) is 6.85. The smallest absolute Gasteiger partial charge is 0.407 e. The van der Waals surface area contributed by atoms with E-state index < -0.39 is 17.7 Å². The van der Waals surface area contributed by atoms with Crippen LogP contribution >= 0.6 is 0 Å². The third kappa shape index (κ3) is 7.32. The Morgan fingerprint density at radius 3 is 2.57 bits per heavy atom. The standard InChI is InChI=1S/C15H28N2O4/c1-10(9-16-14(20)21-15(2,3)4)17-12-7-5-6-11(8-12)13(18)19/h10-12,17H,5-9H2,1-4H3,(H,16,20)(H,18,19). The number of carboxylic acids is 1. The molecule has 21 heavy (non-hydrogen) atoms. The monoisotopic (exact) mass is 300 g/mol. The van der Waals surface area contributed by atoms with Gasteiger partial charge in [-0.1, -0.05) is 6.42 Å². The van der Waals surface area contributed by atoms with Crippen LogP contribution in [0.15, 0.2) is 0 Å². The van der Waals surface area contributed by atoms with E-state index in [2.05, 4.69) is 10.6 Å². The van der Waals surface area contributed by atoms with Crippen molar-refractivity contribution in [3.63, 3.8) is 0 Å². The maximum Gasteiger partial charge on any atom is 0.407 e. The Labute approximate surface area is 126 Å². The molecule has 0 spiro atoms. The molecule has 6 heteroatoms. The predicted octanol–water partition coefficient (Wildman–Crippen LogP) is 2.13. The van der Waals surface area contributed by atoms with Gasteiger partial charge in [0.2, 0.25) is 0 Å². The fourth-order valence-corrected chi connectivity index (χ4v) is 2.58. The van der Waals surface area contributed by atoms with Crippen LogP contribution in [-0.2, 0) is 9.53 Å². The Morgan fingerprint density at radius 1 is 1.33 bits per heavy atom. The maximum atomic E-state index is 11.6.